The second-order valence-corrected chi connectivity index (χ2v) is 6.71. The van der Waals surface area contributed by atoms with Gasteiger partial charge < -0.3 is 15.9 Å². The van der Waals surface area contributed by atoms with Crippen LogP contribution in [0.1, 0.15) is 69.9 Å². The topological polar surface area (TPSA) is 66.5 Å². The molecular weight excluding hydrogens is 310 g/mol. The fourth-order valence-electron chi connectivity index (χ4n) is 2.52. The number of aliphatic hydroxyl groups is 2. The van der Waals surface area contributed by atoms with Crippen LogP contribution in [0, 0.1) is 0 Å². The Bertz CT molecular complexity index is 404. The number of nitrogens with two attached hydrogens (primary N) is 1. The molecule has 0 aliphatic rings. The first-order valence-corrected chi connectivity index (χ1v) is 8.68. The van der Waals surface area contributed by atoms with E-state index in [1.54, 1.807) is 6.92 Å². The summed E-state index contributed by atoms with van der Waals surface area (Å²) in [5.74, 6) is 0. The van der Waals surface area contributed by atoms with E-state index < -0.39 is 11.8 Å². The molecule has 23 heavy (non-hydrogen) atoms. The highest BCUT2D eigenvalue weighted by Crippen LogP contribution is 2.16. The number of aliphatic hydroxyl groups excluding tert-OH is 1. The molecule has 1 rings (SSSR count). The van der Waals surface area contributed by atoms with Crippen LogP contribution in [0.3, 0.4) is 0 Å². The summed E-state index contributed by atoms with van der Waals surface area (Å²) in [6.45, 7) is 3.92. The maximum Gasteiger partial charge on any atom is 0.169 e. The van der Waals surface area contributed by atoms with Crippen molar-refractivity contribution in [2.24, 2.45) is 5.73 Å². The number of rotatable bonds is 11. The van der Waals surface area contributed by atoms with Crippen molar-refractivity contribution in [2.75, 3.05) is 0 Å². The van der Waals surface area contributed by atoms with E-state index in [4.69, 9.17) is 5.73 Å². The molecule has 0 bridgehead atoms. The number of benzene rings is 1. The fraction of sp³-hybridized carbons (Fsp3) is 0.684. The third-order valence-electron chi connectivity index (χ3n) is 4.38. The summed E-state index contributed by atoms with van der Waals surface area (Å²) in [5, 5.41) is 18.4. The third kappa shape index (κ3) is 9.31. The molecular formula is C19H34ClNO2. The van der Waals surface area contributed by atoms with E-state index in [1.165, 1.54) is 49.7 Å². The molecule has 0 aliphatic carbocycles. The van der Waals surface area contributed by atoms with Gasteiger partial charge in [0, 0.05) is 0 Å². The molecule has 0 heterocycles. The van der Waals surface area contributed by atoms with Gasteiger partial charge in [0.15, 0.2) is 6.29 Å². The molecule has 4 N–H and O–H groups in total. The van der Waals surface area contributed by atoms with Gasteiger partial charge in [0.25, 0.3) is 0 Å². The lowest BCUT2D eigenvalue weighted by atomic mass is 9.93. The van der Waals surface area contributed by atoms with E-state index in [1.807, 2.05) is 0 Å². The van der Waals surface area contributed by atoms with Gasteiger partial charge in [0.05, 0.1) is 5.54 Å². The molecule has 1 unspecified atom stereocenters. The predicted molar refractivity (Wildman–Crippen MR) is 99.9 cm³/mol. The molecule has 1 atom stereocenters. The summed E-state index contributed by atoms with van der Waals surface area (Å²) in [6.07, 6.45) is 8.96. The molecule has 0 amide bonds. The number of hydrogen-bond acceptors (Lipinski definition) is 3. The van der Waals surface area contributed by atoms with Crippen molar-refractivity contribution in [1.82, 2.24) is 0 Å². The summed E-state index contributed by atoms with van der Waals surface area (Å²) in [6, 6.07) is 8.63. The summed E-state index contributed by atoms with van der Waals surface area (Å²) in [7, 11) is 0. The summed E-state index contributed by atoms with van der Waals surface area (Å²) < 4.78 is 0. The zero-order valence-corrected chi connectivity index (χ0v) is 15.4. The predicted octanol–water partition coefficient (Wildman–Crippen LogP) is 3.97. The highest BCUT2D eigenvalue weighted by molar-refractivity contribution is 5.85. The molecule has 0 fully saturated rings. The number of unbranched alkanes of at least 4 members (excludes halogenated alkanes) is 5. The second kappa shape index (κ2) is 11.9. The Morgan fingerprint density at radius 1 is 0.913 bits per heavy atom. The van der Waals surface area contributed by atoms with Crippen LogP contribution in [0.15, 0.2) is 24.3 Å². The Hall–Kier alpha value is -0.610. The first-order valence-electron chi connectivity index (χ1n) is 8.68. The van der Waals surface area contributed by atoms with Gasteiger partial charge in [-0.05, 0) is 43.7 Å². The van der Waals surface area contributed by atoms with Crippen LogP contribution in [-0.4, -0.2) is 22.0 Å². The van der Waals surface area contributed by atoms with Crippen molar-refractivity contribution in [3.05, 3.63) is 35.4 Å². The van der Waals surface area contributed by atoms with Crippen LogP contribution in [0.4, 0.5) is 0 Å². The number of aryl methyl sites for hydroxylation is 2. The van der Waals surface area contributed by atoms with Crippen molar-refractivity contribution >= 4 is 12.4 Å². The molecule has 4 heteroatoms. The minimum absolute atomic E-state index is 0. The van der Waals surface area contributed by atoms with Gasteiger partial charge in [0.1, 0.15) is 0 Å². The van der Waals surface area contributed by atoms with Crippen molar-refractivity contribution in [2.45, 2.75) is 83.5 Å². The Balaban J connectivity index is 0.00000484. The van der Waals surface area contributed by atoms with E-state index in [9.17, 15) is 10.2 Å². The molecule has 1 aromatic rings. The lowest BCUT2D eigenvalue weighted by molar-refractivity contribution is -0.0927. The molecule has 134 valence electrons. The van der Waals surface area contributed by atoms with Gasteiger partial charge in [0.2, 0.25) is 0 Å². The summed E-state index contributed by atoms with van der Waals surface area (Å²) >= 11 is 0. The molecule has 3 nitrogen and oxygen atoms in total. The quantitative estimate of drug-likeness (QED) is 0.420. The van der Waals surface area contributed by atoms with E-state index in [-0.39, 0.29) is 12.4 Å². The lowest BCUT2D eigenvalue weighted by Gasteiger charge is -2.26. The smallest absolute Gasteiger partial charge is 0.169 e. The standard InChI is InChI=1S/C19H33NO2.ClH/c1-3-4-5-6-7-8-9-16-10-12-17(13-11-16)14-15-19(2,20)18(21)22;/h10-13,18,21-22H,3-9,14-15,20H2,1-2H3;1H. The van der Waals surface area contributed by atoms with Crippen molar-refractivity contribution in [3.63, 3.8) is 0 Å². The van der Waals surface area contributed by atoms with Crippen LogP contribution < -0.4 is 5.73 Å². The van der Waals surface area contributed by atoms with Crippen LogP contribution in [-0.2, 0) is 12.8 Å². The number of hydrogen-bond donors (Lipinski definition) is 3. The average Bonchev–Trinajstić information content (AvgIpc) is 2.50. The van der Waals surface area contributed by atoms with Gasteiger partial charge in [-0.25, -0.2) is 0 Å². The SMILES string of the molecule is CCCCCCCCc1ccc(CCC(C)(N)C(O)O)cc1.Cl. The molecule has 0 saturated carbocycles. The lowest BCUT2D eigenvalue weighted by Crippen LogP contribution is -2.48. The van der Waals surface area contributed by atoms with E-state index >= 15 is 0 Å². The Kier molecular flexibility index (Phi) is 11.5. The van der Waals surface area contributed by atoms with Gasteiger partial charge in [-0.3, -0.25) is 0 Å². The summed E-state index contributed by atoms with van der Waals surface area (Å²) in [5.41, 5.74) is 7.49. The molecule has 0 saturated heterocycles. The van der Waals surface area contributed by atoms with E-state index in [0.29, 0.717) is 6.42 Å². The average molecular weight is 344 g/mol. The van der Waals surface area contributed by atoms with Gasteiger partial charge in [-0.2, -0.15) is 0 Å². The van der Waals surface area contributed by atoms with Crippen molar-refractivity contribution in [3.8, 4) is 0 Å². The van der Waals surface area contributed by atoms with Crippen LogP contribution in [0.5, 0.6) is 0 Å². The van der Waals surface area contributed by atoms with Gasteiger partial charge in [-0.1, -0.05) is 63.3 Å². The Morgan fingerprint density at radius 2 is 1.39 bits per heavy atom. The first-order chi connectivity index (χ1) is 10.5. The monoisotopic (exact) mass is 343 g/mol. The zero-order valence-electron chi connectivity index (χ0n) is 14.6. The van der Waals surface area contributed by atoms with Crippen molar-refractivity contribution in [1.29, 1.82) is 0 Å². The maximum absolute atomic E-state index is 9.21. The maximum atomic E-state index is 9.21. The van der Waals surface area contributed by atoms with E-state index in [2.05, 4.69) is 31.2 Å². The molecule has 0 spiro atoms. The molecule has 0 aromatic heterocycles. The fourth-order valence-corrected chi connectivity index (χ4v) is 2.52. The number of halogens is 1. The Morgan fingerprint density at radius 3 is 1.91 bits per heavy atom. The minimum Gasteiger partial charge on any atom is -0.367 e. The van der Waals surface area contributed by atoms with Crippen molar-refractivity contribution < 1.29 is 10.2 Å². The highest BCUT2D eigenvalue weighted by Gasteiger charge is 2.26. The highest BCUT2D eigenvalue weighted by atomic mass is 35.5. The van der Waals surface area contributed by atoms with Gasteiger partial charge >= 0.3 is 0 Å². The third-order valence-corrected chi connectivity index (χ3v) is 4.38. The normalized spacial score (nSPS) is 13.7. The van der Waals surface area contributed by atoms with Crippen LogP contribution in [0.25, 0.3) is 0 Å². The first kappa shape index (κ1) is 22.4. The van der Waals surface area contributed by atoms with Gasteiger partial charge in [-0.15, -0.1) is 12.4 Å². The summed E-state index contributed by atoms with van der Waals surface area (Å²) in [4.78, 5) is 0. The zero-order chi connectivity index (χ0) is 16.4. The second-order valence-electron chi connectivity index (χ2n) is 6.71. The minimum atomic E-state index is -1.47. The largest absolute Gasteiger partial charge is 0.367 e. The molecule has 0 aliphatic heterocycles. The molecule has 1 aromatic carbocycles. The van der Waals surface area contributed by atoms with E-state index in [0.717, 1.165) is 12.8 Å². The Labute approximate surface area is 147 Å². The molecule has 0 radical (unpaired) electrons. The van der Waals surface area contributed by atoms with Crippen LogP contribution in [0.2, 0.25) is 0 Å². The van der Waals surface area contributed by atoms with Crippen LogP contribution >= 0.6 is 12.4 Å².